The van der Waals surface area contributed by atoms with Crippen molar-refractivity contribution in [2.45, 2.75) is 111 Å². The number of halogens is 2. The van der Waals surface area contributed by atoms with Crippen LogP contribution in [0.15, 0.2) is 81.7 Å². The zero-order valence-corrected chi connectivity index (χ0v) is 33.7. The van der Waals surface area contributed by atoms with Crippen molar-refractivity contribution in [3.05, 3.63) is 109 Å². The van der Waals surface area contributed by atoms with Crippen LogP contribution < -0.4 is 3.27 Å². The number of hydrogen-bond acceptors (Lipinski definition) is 0. The molecule has 0 unspecified atom stereocenters. The Bertz CT molecular complexity index is 1760. The fraction of sp³-hybridized carbons (Fsp3) is 0.477. The predicted octanol–water partition coefficient (Wildman–Crippen LogP) is 11.6. The Morgan fingerprint density at radius 1 is 0.723 bits per heavy atom. The van der Waals surface area contributed by atoms with Gasteiger partial charge in [0.2, 0.25) is 0 Å². The van der Waals surface area contributed by atoms with Gasteiger partial charge in [-0.3, -0.25) is 0 Å². The molecule has 0 spiro atoms. The van der Waals surface area contributed by atoms with Gasteiger partial charge in [0.25, 0.3) is 0 Å². The van der Waals surface area contributed by atoms with Gasteiger partial charge in [-0.25, -0.2) is 0 Å². The van der Waals surface area contributed by atoms with E-state index in [4.69, 9.17) is 0 Å². The maximum Gasteiger partial charge on any atom is -0.147 e. The molecule has 47 heavy (non-hydrogen) atoms. The molecular weight excluding hydrogens is 691 g/mol. The van der Waals surface area contributed by atoms with E-state index in [0.29, 0.717) is 5.41 Å². The second-order valence-corrected chi connectivity index (χ2v) is 24.2. The van der Waals surface area contributed by atoms with E-state index < -0.39 is 21.3 Å². The second kappa shape index (κ2) is 12.7. The Hall–Kier alpha value is -1.53. The van der Waals surface area contributed by atoms with Crippen molar-refractivity contribution >= 4 is 31.3 Å². The maximum atomic E-state index is 2.74. The zero-order chi connectivity index (χ0) is 31.3. The summed E-state index contributed by atoms with van der Waals surface area (Å²) in [6.07, 6.45) is 16.5. The van der Waals surface area contributed by atoms with Crippen molar-refractivity contribution in [1.29, 1.82) is 0 Å². The van der Waals surface area contributed by atoms with E-state index >= 15 is 0 Å². The first kappa shape index (κ1) is 35.3. The summed E-state index contributed by atoms with van der Waals surface area (Å²) in [6, 6.07) is 24.3. The first-order chi connectivity index (χ1) is 21.4. The SMILES string of the molecule is C/[C](c1ccccc1)=[Zr](\[C]1=C(C23CC4CC(CC(C4)C2)C3)C=CC1)[c]1cc(C(C)(C)C)cc2c1Cc1ccc(C(C)(C)C)cc1-2.Cl.Cl. The fourth-order valence-corrected chi connectivity index (χ4v) is 18.9. The Kier molecular flexibility index (Phi) is 9.51. The quantitative estimate of drug-likeness (QED) is 0.195. The summed E-state index contributed by atoms with van der Waals surface area (Å²) in [5.74, 6) is 2.93. The van der Waals surface area contributed by atoms with Crippen molar-refractivity contribution in [2.24, 2.45) is 23.2 Å². The van der Waals surface area contributed by atoms with Crippen LogP contribution >= 0.6 is 24.8 Å². The van der Waals surface area contributed by atoms with Crippen molar-refractivity contribution in [3.8, 4) is 11.1 Å². The third-order valence-electron chi connectivity index (χ3n) is 12.4. The van der Waals surface area contributed by atoms with Crippen molar-refractivity contribution in [1.82, 2.24) is 0 Å². The maximum absolute atomic E-state index is 2.74. The Balaban J connectivity index is 0.00000193. The number of rotatable bonds is 4. The number of allylic oxidation sites excluding steroid dienone is 4. The van der Waals surface area contributed by atoms with E-state index in [0.717, 1.165) is 24.2 Å². The summed E-state index contributed by atoms with van der Waals surface area (Å²) in [4.78, 5) is 0. The van der Waals surface area contributed by atoms with Crippen molar-refractivity contribution in [2.75, 3.05) is 0 Å². The van der Waals surface area contributed by atoms with Gasteiger partial charge in [-0.2, -0.15) is 0 Å². The van der Waals surface area contributed by atoms with Crippen LogP contribution in [0.2, 0.25) is 0 Å². The molecule has 0 aliphatic heterocycles. The van der Waals surface area contributed by atoms with E-state index in [1.807, 2.05) is 8.85 Å². The van der Waals surface area contributed by atoms with Crippen LogP contribution in [0.5, 0.6) is 0 Å². The Morgan fingerprint density at radius 3 is 1.91 bits per heavy atom. The van der Waals surface area contributed by atoms with Crippen LogP contribution in [0.1, 0.15) is 121 Å². The topological polar surface area (TPSA) is 0 Å². The standard InChI is InChI=1S/C21H25.C15H19.C8H8.2ClH.Zr/c1-20(2,3)16-9-7-14-11-15-8-10-17(21(4,5)6)13-19(15)18(14)12-16;1-2-4-14(3-1)15-8-11-5-12(9-15)7-13(6-11)10-15;1-2-8-6-4-3-5-7-8;;;/h7,9-10,12-13H,11H2,1-6H3;1,3,11-13H,2,5-10H2;3-7H,1H3;2*1H;. The molecule has 0 aromatic heterocycles. The minimum atomic E-state index is -2.59. The molecule has 0 nitrogen and oxygen atoms in total. The van der Waals surface area contributed by atoms with Crippen LogP contribution in [0.25, 0.3) is 11.1 Å². The summed E-state index contributed by atoms with van der Waals surface area (Å²) < 4.78 is 5.41. The number of hydrogen-bond donors (Lipinski definition) is 0. The van der Waals surface area contributed by atoms with Gasteiger partial charge in [0.05, 0.1) is 0 Å². The molecule has 3 aromatic carbocycles. The average molecular weight is 745 g/mol. The number of benzene rings is 3. The van der Waals surface area contributed by atoms with E-state index in [2.05, 4.69) is 121 Å². The molecule has 9 rings (SSSR count). The molecule has 4 fully saturated rings. The third kappa shape index (κ3) is 6.12. The molecule has 0 radical (unpaired) electrons. The fourth-order valence-electron chi connectivity index (χ4n) is 10.5. The zero-order valence-electron chi connectivity index (χ0n) is 29.6. The molecule has 0 heterocycles. The molecule has 3 heteroatoms. The largest absolute Gasteiger partial charge is 0.147 e. The molecule has 6 aliphatic rings. The van der Waals surface area contributed by atoms with Gasteiger partial charge in [0.15, 0.2) is 0 Å². The summed E-state index contributed by atoms with van der Waals surface area (Å²) >= 11 is -2.59. The normalized spacial score (nSPS) is 26.1. The summed E-state index contributed by atoms with van der Waals surface area (Å²) in [5, 5.41) is 0. The Morgan fingerprint density at radius 2 is 1.32 bits per heavy atom. The van der Waals surface area contributed by atoms with Crippen LogP contribution in [0.4, 0.5) is 0 Å². The van der Waals surface area contributed by atoms with Gasteiger partial charge in [-0.1, -0.05) is 0 Å². The van der Waals surface area contributed by atoms with Crippen LogP contribution in [0.3, 0.4) is 0 Å². The van der Waals surface area contributed by atoms with Crippen molar-refractivity contribution in [3.63, 3.8) is 0 Å². The van der Waals surface area contributed by atoms with E-state index in [-0.39, 0.29) is 35.6 Å². The van der Waals surface area contributed by atoms with Crippen LogP contribution in [-0.4, -0.2) is 3.21 Å². The van der Waals surface area contributed by atoms with Gasteiger partial charge in [-0.05, 0) is 0 Å². The first-order valence-electron chi connectivity index (χ1n) is 17.9. The van der Waals surface area contributed by atoms with E-state index in [9.17, 15) is 0 Å². The molecule has 4 saturated carbocycles. The predicted molar refractivity (Wildman–Crippen MR) is 204 cm³/mol. The molecule has 3 aromatic rings. The van der Waals surface area contributed by atoms with Gasteiger partial charge >= 0.3 is 282 Å². The van der Waals surface area contributed by atoms with Crippen LogP contribution in [-0.2, 0) is 38.5 Å². The van der Waals surface area contributed by atoms with Gasteiger partial charge < -0.3 is 0 Å². The molecule has 4 bridgehead atoms. The van der Waals surface area contributed by atoms with Gasteiger partial charge in [0, 0.05) is 0 Å². The summed E-state index contributed by atoms with van der Waals surface area (Å²) in [6.45, 7) is 16.9. The van der Waals surface area contributed by atoms with E-state index in [1.54, 1.807) is 17.6 Å². The van der Waals surface area contributed by atoms with Crippen molar-refractivity contribution < 1.29 is 21.3 Å². The minimum absolute atomic E-state index is 0. The third-order valence-corrected chi connectivity index (χ3v) is 20.1. The molecule has 0 amide bonds. The molecule has 6 aliphatic carbocycles. The summed E-state index contributed by atoms with van der Waals surface area (Å²) in [7, 11) is 0. The molecule has 0 atom stereocenters. The molecule has 0 N–H and O–H groups in total. The second-order valence-electron chi connectivity index (χ2n) is 17.7. The molecule has 0 saturated heterocycles. The molecular formula is C44H54Cl2Zr. The summed E-state index contributed by atoms with van der Waals surface area (Å²) in [5.41, 5.74) is 13.2. The number of fused-ring (bicyclic) bond motifs is 3. The molecule has 248 valence electrons. The monoisotopic (exact) mass is 742 g/mol. The van der Waals surface area contributed by atoms with Gasteiger partial charge in [-0.15, -0.1) is 24.8 Å². The van der Waals surface area contributed by atoms with E-state index in [1.165, 1.54) is 72.8 Å². The van der Waals surface area contributed by atoms with Gasteiger partial charge in [0.1, 0.15) is 0 Å². The first-order valence-corrected chi connectivity index (χ1v) is 21.6. The Labute approximate surface area is 304 Å². The average Bonchev–Trinajstić information content (AvgIpc) is 3.61. The van der Waals surface area contributed by atoms with Crippen LogP contribution in [0, 0.1) is 23.2 Å². The minimum Gasteiger partial charge on any atom is -0.147 e. The smallest absolute Gasteiger partial charge is 0.147 e.